The summed E-state index contributed by atoms with van der Waals surface area (Å²) in [6.07, 6.45) is 5.06. The van der Waals surface area contributed by atoms with Gasteiger partial charge in [0.15, 0.2) is 11.6 Å². The fourth-order valence-corrected chi connectivity index (χ4v) is 2.04. The Morgan fingerprint density at radius 2 is 1.75 bits per heavy atom. The van der Waals surface area contributed by atoms with E-state index in [2.05, 4.69) is 0 Å². The average molecular weight is 224 g/mol. The lowest BCUT2D eigenvalue weighted by Gasteiger charge is -2.26. The van der Waals surface area contributed by atoms with E-state index < -0.39 is 11.6 Å². The minimum atomic E-state index is -0.809. The molecule has 3 heteroatoms. The summed E-state index contributed by atoms with van der Waals surface area (Å²) in [6.45, 7) is 0. The van der Waals surface area contributed by atoms with Crippen molar-refractivity contribution in [2.24, 2.45) is 0 Å². The Hall–Kier alpha value is -1.12. The van der Waals surface area contributed by atoms with Crippen LogP contribution in [0.2, 0.25) is 0 Å². The maximum Gasteiger partial charge on any atom is 0.200 e. The molecule has 0 saturated heterocycles. The Kier molecular flexibility index (Phi) is 2.34. The molecule has 0 atom stereocenters. The zero-order valence-corrected chi connectivity index (χ0v) is 9.01. The van der Waals surface area contributed by atoms with Gasteiger partial charge in [-0.3, -0.25) is 0 Å². The first kappa shape index (κ1) is 10.1. The van der Waals surface area contributed by atoms with Crippen LogP contribution in [0, 0.1) is 11.6 Å². The van der Waals surface area contributed by atoms with Crippen LogP contribution >= 0.6 is 0 Å². The molecule has 0 unspecified atom stereocenters. The van der Waals surface area contributed by atoms with Crippen LogP contribution in [0.1, 0.15) is 43.6 Å². The summed E-state index contributed by atoms with van der Waals surface area (Å²) < 4.78 is 32.7. The molecule has 2 fully saturated rings. The molecule has 0 heterocycles. The smallest absolute Gasteiger partial charge is 0.200 e. The fourth-order valence-electron chi connectivity index (χ4n) is 2.04. The summed E-state index contributed by atoms with van der Waals surface area (Å²) in [5.41, 5.74) is 0.520. The molecule has 0 aliphatic heterocycles. The molecule has 2 aliphatic rings. The van der Waals surface area contributed by atoms with E-state index in [1.807, 2.05) is 0 Å². The lowest BCUT2D eigenvalue weighted by Crippen LogP contribution is -2.12. The predicted octanol–water partition coefficient (Wildman–Crippen LogP) is 3.77. The number of hydrogen-bond donors (Lipinski definition) is 0. The van der Waals surface area contributed by atoms with Crippen LogP contribution in [0.5, 0.6) is 5.75 Å². The van der Waals surface area contributed by atoms with Gasteiger partial charge in [0, 0.05) is 0 Å². The minimum absolute atomic E-state index is 0.0723. The molecule has 86 valence electrons. The number of benzene rings is 1. The van der Waals surface area contributed by atoms with Crippen molar-refractivity contribution in [2.75, 3.05) is 0 Å². The van der Waals surface area contributed by atoms with Gasteiger partial charge in [-0.05, 0) is 43.2 Å². The molecule has 0 spiro atoms. The fraction of sp³-hybridized carbons (Fsp3) is 0.538. The van der Waals surface area contributed by atoms with Gasteiger partial charge in [0.05, 0.1) is 6.10 Å². The molecule has 16 heavy (non-hydrogen) atoms. The monoisotopic (exact) mass is 224 g/mol. The van der Waals surface area contributed by atoms with Gasteiger partial charge in [-0.15, -0.1) is 0 Å². The van der Waals surface area contributed by atoms with Gasteiger partial charge < -0.3 is 4.74 Å². The molecular weight excluding hydrogens is 210 g/mol. The van der Waals surface area contributed by atoms with Crippen molar-refractivity contribution < 1.29 is 13.5 Å². The average Bonchev–Trinajstić information content (AvgIpc) is 2.98. The summed E-state index contributed by atoms with van der Waals surface area (Å²) in [6, 6.07) is 3.25. The lowest BCUT2D eigenvalue weighted by atomic mass is 9.80. The van der Waals surface area contributed by atoms with Crippen molar-refractivity contribution in [2.45, 2.75) is 44.1 Å². The topological polar surface area (TPSA) is 9.23 Å². The molecule has 2 saturated carbocycles. The number of hydrogen-bond acceptors (Lipinski definition) is 1. The van der Waals surface area contributed by atoms with E-state index >= 15 is 0 Å². The molecule has 2 aliphatic carbocycles. The number of rotatable bonds is 3. The van der Waals surface area contributed by atoms with Gasteiger partial charge in [0.2, 0.25) is 5.82 Å². The predicted molar refractivity (Wildman–Crippen MR) is 56.6 cm³/mol. The van der Waals surface area contributed by atoms with Crippen molar-refractivity contribution >= 4 is 0 Å². The molecule has 1 aromatic carbocycles. The third-order valence-electron chi connectivity index (χ3n) is 3.44. The molecule has 3 rings (SSSR count). The van der Waals surface area contributed by atoms with Crippen LogP contribution in [0.15, 0.2) is 12.1 Å². The van der Waals surface area contributed by atoms with E-state index in [1.54, 1.807) is 12.1 Å². The van der Waals surface area contributed by atoms with Crippen molar-refractivity contribution in [3.05, 3.63) is 29.3 Å². The second-order valence-electron chi connectivity index (χ2n) is 4.73. The highest BCUT2D eigenvalue weighted by molar-refractivity contribution is 5.34. The lowest BCUT2D eigenvalue weighted by molar-refractivity contribution is 0.280. The van der Waals surface area contributed by atoms with Crippen LogP contribution in [0.4, 0.5) is 8.78 Å². The highest BCUT2D eigenvalue weighted by Crippen LogP contribution is 2.40. The normalized spacial score (nSPS) is 20.6. The first-order valence-corrected chi connectivity index (χ1v) is 5.90. The maximum atomic E-state index is 13.7. The zero-order valence-electron chi connectivity index (χ0n) is 9.01. The van der Waals surface area contributed by atoms with Crippen LogP contribution < -0.4 is 4.74 Å². The van der Waals surface area contributed by atoms with Gasteiger partial charge >= 0.3 is 0 Å². The van der Waals surface area contributed by atoms with E-state index in [0.717, 1.165) is 32.1 Å². The minimum Gasteiger partial charge on any atom is -0.487 e. The summed E-state index contributed by atoms with van der Waals surface area (Å²) >= 11 is 0. The third kappa shape index (κ3) is 1.68. The van der Waals surface area contributed by atoms with E-state index in [-0.39, 0.29) is 17.8 Å². The van der Waals surface area contributed by atoms with Gasteiger partial charge in [-0.2, -0.15) is 4.39 Å². The maximum absolute atomic E-state index is 13.7. The Bertz CT molecular complexity index is 409. The summed E-state index contributed by atoms with van der Waals surface area (Å²) in [7, 11) is 0. The second kappa shape index (κ2) is 3.72. The van der Waals surface area contributed by atoms with Crippen LogP contribution in [0.25, 0.3) is 0 Å². The summed E-state index contributed by atoms with van der Waals surface area (Å²) in [4.78, 5) is 0. The van der Waals surface area contributed by atoms with Crippen molar-refractivity contribution in [3.8, 4) is 5.75 Å². The molecular formula is C13H14F2O. The molecule has 0 bridgehead atoms. The summed E-state index contributed by atoms with van der Waals surface area (Å²) in [5, 5.41) is 0. The van der Waals surface area contributed by atoms with E-state index in [9.17, 15) is 8.78 Å². The molecule has 0 radical (unpaired) electrons. The van der Waals surface area contributed by atoms with E-state index in [0.29, 0.717) is 5.56 Å². The van der Waals surface area contributed by atoms with Crippen LogP contribution in [-0.2, 0) is 0 Å². The Balaban J connectivity index is 1.88. The van der Waals surface area contributed by atoms with Gasteiger partial charge in [0.1, 0.15) is 0 Å². The standard InChI is InChI=1S/C13H14F2O/c14-12-10(8-2-1-3-8)6-7-11(13(12)15)16-9-4-5-9/h6-9H,1-5H2. The number of ether oxygens (including phenoxy) is 1. The highest BCUT2D eigenvalue weighted by Gasteiger charge is 2.28. The molecule has 1 nitrogen and oxygen atoms in total. The Morgan fingerprint density at radius 3 is 2.31 bits per heavy atom. The van der Waals surface area contributed by atoms with E-state index in [4.69, 9.17) is 4.74 Å². The zero-order chi connectivity index (χ0) is 11.1. The molecule has 1 aromatic rings. The molecule has 0 aromatic heterocycles. The largest absolute Gasteiger partial charge is 0.487 e. The van der Waals surface area contributed by atoms with Crippen molar-refractivity contribution in [1.29, 1.82) is 0 Å². The Morgan fingerprint density at radius 1 is 1.00 bits per heavy atom. The molecule has 0 N–H and O–H groups in total. The van der Waals surface area contributed by atoms with Gasteiger partial charge in [0.25, 0.3) is 0 Å². The first-order valence-electron chi connectivity index (χ1n) is 5.90. The highest BCUT2D eigenvalue weighted by atomic mass is 19.2. The van der Waals surface area contributed by atoms with Crippen molar-refractivity contribution in [1.82, 2.24) is 0 Å². The molecule has 0 amide bonds. The van der Waals surface area contributed by atoms with Gasteiger partial charge in [-0.25, -0.2) is 4.39 Å². The third-order valence-corrected chi connectivity index (χ3v) is 3.44. The van der Waals surface area contributed by atoms with E-state index in [1.165, 1.54) is 0 Å². The quantitative estimate of drug-likeness (QED) is 0.759. The SMILES string of the molecule is Fc1c(OC2CC2)ccc(C2CCC2)c1F. The second-order valence-corrected chi connectivity index (χ2v) is 4.73. The summed E-state index contributed by atoms with van der Waals surface area (Å²) in [5.74, 6) is -1.23. The first-order chi connectivity index (χ1) is 7.75. The van der Waals surface area contributed by atoms with Gasteiger partial charge in [-0.1, -0.05) is 12.5 Å². The van der Waals surface area contributed by atoms with Crippen LogP contribution in [-0.4, -0.2) is 6.10 Å². The Labute approximate surface area is 93.4 Å². The van der Waals surface area contributed by atoms with Crippen LogP contribution in [0.3, 0.4) is 0 Å². The van der Waals surface area contributed by atoms with Crippen molar-refractivity contribution in [3.63, 3.8) is 0 Å². The number of halogens is 2.